The monoisotopic (exact) mass is 596 g/mol. The number of halogens is 3. The third-order valence-corrected chi connectivity index (χ3v) is 8.27. The second kappa shape index (κ2) is 13.9. The molecule has 0 heterocycles. The third kappa shape index (κ3) is 9.08. The van der Waals surface area contributed by atoms with E-state index in [0.29, 0.717) is 37.1 Å². The molecular weight excluding hydrogens is 557 g/mol. The molecule has 0 unspecified atom stereocenters. The fourth-order valence-corrected chi connectivity index (χ4v) is 6.82. The number of hydrogen-bond donors (Lipinski definition) is 6. The van der Waals surface area contributed by atoms with Crippen molar-refractivity contribution in [1.82, 2.24) is 10.6 Å². The zero-order valence-corrected chi connectivity index (χ0v) is 23.2. The summed E-state index contributed by atoms with van der Waals surface area (Å²) < 4.78 is 31.7. The summed E-state index contributed by atoms with van der Waals surface area (Å²) in [5.41, 5.74) is 17.0. The van der Waals surface area contributed by atoms with Crippen LogP contribution in [0.3, 0.4) is 0 Å². The number of nitrogens with two attached hydrogens (primary N) is 3. The molecule has 14 heteroatoms. The third-order valence-electron chi connectivity index (χ3n) is 8.27. The minimum atomic E-state index is -5.08. The van der Waals surface area contributed by atoms with Crippen LogP contribution in [0.15, 0.2) is 35.3 Å². The van der Waals surface area contributed by atoms with Crippen molar-refractivity contribution >= 4 is 29.7 Å². The molecule has 1 aromatic rings. The summed E-state index contributed by atoms with van der Waals surface area (Å²) >= 11 is 0. The van der Waals surface area contributed by atoms with Crippen LogP contribution in [0.1, 0.15) is 56.9 Å². The van der Waals surface area contributed by atoms with E-state index in [1.54, 1.807) is 0 Å². The molecule has 5 rings (SSSR count). The molecule has 4 saturated carbocycles. The van der Waals surface area contributed by atoms with E-state index < -0.39 is 36.0 Å². The highest BCUT2D eigenvalue weighted by atomic mass is 19.4. The van der Waals surface area contributed by atoms with Gasteiger partial charge in [0.15, 0.2) is 5.96 Å². The highest BCUT2D eigenvalue weighted by Gasteiger charge is 2.55. The lowest BCUT2D eigenvalue weighted by atomic mass is 9.49. The van der Waals surface area contributed by atoms with E-state index in [-0.39, 0.29) is 23.7 Å². The summed E-state index contributed by atoms with van der Waals surface area (Å²) in [6.45, 7) is 0.350. The molecule has 4 aliphatic carbocycles. The van der Waals surface area contributed by atoms with Gasteiger partial charge in [0.25, 0.3) is 0 Å². The number of primary amides is 1. The topological polar surface area (TPSA) is 203 Å². The van der Waals surface area contributed by atoms with Crippen molar-refractivity contribution in [1.29, 1.82) is 0 Å². The Balaban J connectivity index is 0.000000616. The fourth-order valence-electron chi connectivity index (χ4n) is 6.82. The predicted octanol–water partition coefficient (Wildman–Crippen LogP) is 1.59. The summed E-state index contributed by atoms with van der Waals surface area (Å²) in [5, 5.41) is 13.0. The number of hydrogen-bond acceptors (Lipinski definition) is 5. The Bertz CT molecular complexity index is 1120. The molecule has 0 aliphatic heterocycles. The fraction of sp³-hybridized carbons (Fsp3) is 0.607. The Kier molecular flexibility index (Phi) is 10.8. The quantitative estimate of drug-likeness (QED) is 0.126. The average Bonchev–Trinajstić information content (AvgIpc) is 2.89. The van der Waals surface area contributed by atoms with Crippen LogP contribution in [0.4, 0.5) is 13.2 Å². The largest absolute Gasteiger partial charge is 0.490 e. The van der Waals surface area contributed by atoms with E-state index >= 15 is 0 Å². The second-order valence-electron chi connectivity index (χ2n) is 11.6. The van der Waals surface area contributed by atoms with Gasteiger partial charge in [0.2, 0.25) is 17.7 Å². The van der Waals surface area contributed by atoms with Crippen molar-refractivity contribution in [2.24, 2.45) is 45.4 Å². The number of carboxylic acids is 1. The molecule has 0 radical (unpaired) electrons. The number of aliphatic imine (C=N–C) groups is 1. The average molecular weight is 597 g/mol. The van der Waals surface area contributed by atoms with Crippen LogP contribution in [0.5, 0.6) is 0 Å². The Morgan fingerprint density at radius 2 is 1.45 bits per heavy atom. The van der Waals surface area contributed by atoms with Crippen molar-refractivity contribution in [3.63, 3.8) is 0 Å². The van der Waals surface area contributed by atoms with Crippen molar-refractivity contribution in [3.05, 3.63) is 35.9 Å². The van der Waals surface area contributed by atoms with E-state index in [9.17, 15) is 27.6 Å². The molecule has 42 heavy (non-hydrogen) atoms. The number of benzene rings is 1. The molecule has 1 aromatic carbocycles. The second-order valence-corrected chi connectivity index (χ2v) is 11.6. The number of amides is 3. The van der Waals surface area contributed by atoms with E-state index in [1.807, 2.05) is 30.3 Å². The van der Waals surface area contributed by atoms with Gasteiger partial charge in [0.1, 0.15) is 12.1 Å². The first-order chi connectivity index (χ1) is 19.7. The number of rotatable bonds is 11. The molecule has 0 spiro atoms. The minimum absolute atomic E-state index is 0.0137. The van der Waals surface area contributed by atoms with Crippen molar-refractivity contribution in [3.8, 4) is 0 Å². The SMILES string of the molecule is NC(=O)[C@@H](Cc1ccccc1)NC(=O)[C@@H](CCCN=C(N)N)NC(=O)C12CC3CC(CC(C3)C1)C2.O=C(O)C(F)(F)F. The maximum Gasteiger partial charge on any atom is 0.490 e. The van der Waals surface area contributed by atoms with Gasteiger partial charge >= 0.3 is 12.1 Å². The molecule has 11 nitrogen and oxygen atoms in total. The van der Waals surface area contributed by atoms with Crippen molar-refractivity contribution in [2.75, 3.05) is 6.54 Å². The molecule has 3 amide bonds. The molecule has 4 bridgehead atoms. The highest BCUT2D eigenvalue weighted by Crippen LogP contribution is 2.60. The summed E-state index contributed by atoms with van der Waals surface area (Å²) in [7, 11) is 0. The molecular formula is C28H39F3N6O5. The van der Waals surface area contributed by atoms with Gasteiger partial charge in [-0.25, -0.2) is 4.79 Å². The molecule has 232 valence electrons. The molecule has 9 N–H and O–H groups in total. The molecule has 0 aromatic heterocycles. The Labute approximate surface area is 241 Å². The van der Waals surface area contributed by atoms with Crippen LogP contribution < -0.4 is 27.8 Å². The summed E-state index contributed by atoms with van der Waals surface area (Å²) in [5.74, 6) is -1.98. The normalized spacial score (nSPS) is 25.3. The predicted molar refractivity (Wildman–Crippen MR) is 147 cm³/mol. The zero-order chi connectivity index (χ0) is 31.1. The Hall–Kier alpha value is -3.84. The molecule has 2 atom stereocenters. The van der Waals surface area contributed by atoms with E-state index in [4.69, 9.17) is 27.1 Å². The van der Waals surface area contributed by atoms with E-state index in [0.717, 1.165) is 24.8 Å². The lowest BCUT2D eigenvalue weighted by molar-refractivity contribution is -0.192. The summed E-state index contributed by atoms with van der Waals surface area (Å²) in [6.07, 6.45) is 2.49. The smallest absolute Gasteiger partial charge is 0.475 e. The van der Waals surface area contributed by atoms with Crippen LogP contribution >= 0.6 is 0 Å². The van der Waals surface area contributed by atoms with Gasteiger partial charge in [-0.05, 0) is 74.7 Å². The summed E-state index contributed by atoms with van der Waals surface area (Å²) in [6, 6.07) is 7.71. The maximum absolute atomic E-state index is 13.6. The van der Waals surface area contributed by atoms with E-state index in [2.05, 4.69) is 15.6 Å². The van der Waals surface area contributed by atoms with Gasteiger partial charge in [-0.2, -0.15) is 13.2 Å². The number of nitrogens with one attached hydrogen (secondary N) is 2. The van der Waals surface area contributed by atoms with Gasteiger partial charge < -0.3 is 32.9 Å². The molecule has 4 fully saturated rings. The number of carbonyl (C=O) groups excluding carboxylic acids is 3. The molecule has 0 saturated heterocycles. The lowest BCUT2D eigenvalue weighted by Gasteiger charge is -2.55. The van der Waals surface area contributed by atoms with Crippen molar-refractivity contribution in [2.45, 2.75) is 76.0 Å². The number of guanidine groups is 1. The maximum atomic E-state index is 13.6. The number of aliphatic carboxylic acids is 1. The lowest BCUT2D eigenvalue weighted by Crippen LogP contribution is -2.58. The first kappa shape index (κ1) is 32.7. The first-order valence-corrected chi connectivity index (χ1v) is 14.0. The molecule has 4 aliphatic rings. The van der Waals surface area contributed by atoms with Crippen LogP contribution in [0.25, 0.3) is 0 Å². The number of carboxylic acid groups (broad SMARTS) is 1. The standard InChI is InChI=1S/C26H38N6O3.C2HF3O2/c27-22(33)21(12-16-5-2-1-3-6-16)31-23(34)20(7-4-8-30-25(28)29)32-24(35)26-13-17-9-18(14-26)11-19(10-17)15-26;3-2(4,5)1(6)7/h1-3,5-6,17-21H,4,7-15H2,(H2,27,33)(H,31,34)(H,32,35)(H4,28,29,30);(H,6,7)/t17?,18?,19?,20-,21-,26?;/m1./s1. The van der Waals surface area contributed by atoms with E-state index in [1.165, 1.54) is 19.3 Å². The zero-order valence-electron chi connectivity index (χ0n) is 23.2. The number of nitrogens with zero attached hydrogens (tertiary/aromatic N) is 1. The van der Waals surface area contributed by atoms with Crippen LogP contribution in [0, 0.1) is 23.2 Å². The van der Waals surface area contributed by atoms with Gasteiger partial charge in [-0.1, -0.05) is 30.3 Å². The highest BCUT2D eigenvalue weighted by molar-refractivity contribution is 5.93. The van der Waals surface area contributed by atoms with Crippen molar-refractivity contribution < 1.29 is 37.5 Å². The Morgan fingerprint density at radius 1 is 0.929 bits per heavy atom. The number of carbonyl (C=O) groups is 4. The van der Waals surface area contributed by atoms with Gasteiger partial charge in [-0.15, -0.1) is 0 Å². The summed E-state index contributed by atoms with van der Waals surface area (Å²) in [4.78, 5) is 51.9. The minimum Gasteiger partial charge on any atom is -0.475 e. The first-order valence-electron chi connectivity index (χ1n) is 14.0. The number of alkyl halides is 3. The van der Waals surface area contributed by atoms with Crippen LogP contribution in [-0.4, -0.2) is 59.6 Å². The Morgan fingerprint density at radius 3 is 1.90 bits per heavy atom. The van der Waals surface area contributed by atoms with Crippen LogP contribution in [0.2, 0.25) is 0 Å². The van der Waals surface area contributed by atoms with Gasteiger partial charge in [-0.3, -0.25) is 19.4 Å². The van der Waals surface area contributed by atoms with Crippen LogP contribution in [-0.2, 0) is 25.6 Å². The van der Waals surface area contributed by atoms with Gasteiger partial charge in [0, 0.05) is 18.4 Å². The van der Waals surface area contributed by atoms with Gasteiger partial charge in [0.05, 0.1) is 0 Å².